The summed E-state index contributed by atoms with van der Waals surface area (Å²) >= 11 is 0. The quantitative estimate of drug-likeness (QED) is 0.471. The number of anilines is 1. The molecule has 0 fully saturated rings. The Labute approximate surface area is 177 Å². The summed E-state index contributed by atoms with van der Waals surface area (Å²) in [5.41, 5.74) is 11.7. The fraction of sp³-hybridized carbons (Fsp3) is 0.0870. The molecule has 8 nitrogen and oxygen atoms in total. The molecule has 0 atom stereocenters. The first kappa shape index (κ1) is 18.7. The predicted octanol–water partition coefficient (Wildman–Crippen LogP) is 3.02. The third kappa shape index (κ3) is 3.55. The zero-order valence-corrected chi connectivity index (χ0v) is 16.8. The van der Waals surface area contributed by atoms with E-state index in [1.165, 1.54) is 10.6 Å². The molecule has 0 aliphatic rings. The molecule has 5 rings (SSSR count). The lowest BCUT2D eigenvalue weighted by Gasteiger charge is -2.11. The second-order valence-corrected chi connectivity index (χ2v) is 7.27. The summed E-state index contributed by atoms with van der Waals surface area (Å²) in [6.07, 6.45) is 3.94. The van der Waals surface area contributed by atoms with E-state index in [1.54, 1.807) is 12.3 Å². The van der Waals surface area contributed by atoms with E-state index < -0.39 is 0 Å². The van der Waals surface area contributed by atoms with Crippen LogP contribution in [0.15, 0.2) is 71.8 Å². The maximum Gasteiger partial charge on any atom is 0.247 e. The van der Waals surface area contributed by atoms with E-state index in [-0.39, 0.29) is 11.5 Å². The standard InChI is InChI=1S/C23H19N7O/c1-14-7-9-17(25-12-14)11-18-27-22-20(16-8-10-19(31)26-13-16)21(15-5-3-2-4-6-15)28-23(24)30(22)29-18/h2-10,12-13H,11H2,1H3,(H2,24,28)(H,26,31). The zero-order valence-electron chi connectivity index (χ0n) is 16.8. The molecule has 8 heteroatoms. The van der Waals surface area contributed by atoms with Crippen molar-refractivity contribution < 1.29 is 0 Å². The fourth-order valence-electron chi connectivity index (χ4n) is 3.48. The second-order valence-electron chi connectivity index (χ2n) is 7.27. The van der Waals surface area contributed by atoms with Crippen LogP contribution in [0.5, 0.6) is 0 Å². The minimum Gasteiger partial charge on any atom is -0.368 e. The third-order valence-corrected chi connectivity index (χ3v) is 4.99. The van der Waals surface area contributed by atoms with Gasteiger partial charge in [-0.1, -0.05) is 36.4 Å². The maximum absolute atomic E-state index is 11.6. The zero-order chi connectivity index (χ0) is 21.4. The molecule has 3 N–H and O–H groups in total. The molecule has 0 radical (unpaired) electrons. The minimum atomic E-state index is -0.183. The number of rotatable bonds is 4. The van der Waals surface area contributed by atoms with E-state index in [0.29, 0.717) is 23.6 Å². The van der Waals surface area contributed by atoms with E-state index in [9.17, 15) is 4.79 Å². The van der Waals surface area contributed by atoms with Crippen LogP contribution >= 0.6 is 0 Å². The average molecular weight is 409 g/mol. The van der Waals surface area contributed by atoms with Crippen LogP contribution in [0.3, 0.4) is 0 Å². The molecule has 4 heterocycles. The number of fused-ring (bicyclic) bond motifs is 1. The van der Waals surface area contributed by atoms with Gasteiger partial charge in [0.2, 0.25) is 11.5 Å². The van der Waals surface area contributed by atoms with Crippen LogP contribution in [0.1, 0.15) is 17.1 Å². The molecular formula is C23H19N7O. The molecule has 4 aromatic heterocycles. The van der Waals surface area contributed by atoms with Crippen LogP contribution in [-0.4, -0.2) is 29.5 Å². The molecular weight excluding hydrogens is 390 g/mol. The van der Waals surface area contributed by atoms with Gasteiger partial charge >= 0.3 is 0 Å². The van der Waals surface area contributed by atoms with Crippen LogP contribution in [0.4, 0.5) is 5.95 Å². The summed E-state index contributed by atoms with van der Waals surface area (Å²) in [6, 6.07) is 16.9. The van der Waals surface area contributed by atoms with Crippen LogP contribution in [0.25, 0.3) is 28.0 Å². The Kier molecular flexibility index (Phi) is 4.51. The van der Waals surface area contributed by atoms with Crippen molar-refractivity contribution in [3.63, 3.8) is 0 Å². The maximum atomic E-state index is 11.6. The smallest absolute Gasteiger partial charge is 0.247 e. The Morgan fingerprint density at radius 1 is 1.00 bits per heavy atom. The van der Waals surface area contributed by atoms with Crippen molar-refractivity contribution >= 4 is 11.6 Å². The van der Waals surface area contributed by atoms with E-state index in [1.807, 2.05) is 55.6 Å². The van der Waals surface area contributed by atoms with E-state index in [0.717, 1.165) is 27.9 Å². The number of hydrogen-bond acceptors (Lipinski definition) is 6. The highest BCUT2D eigenvalue weighted by molar-refractivity contribution is 5.90. The first-order chi connectivity index (χ1) is 15.1. The van der Waals surface area contributed by atoms with Gasteiger partial charge in [0.25, 0.3) is 0 Å². The molecule has 0 spiro atoms. The van der Waals surface area contributed by atoms with Gasteiger partial charge < -0.3 is 10.7 Å². The second kappa shape index (κ2) is 7.49. The highest BCUT2D eigenvalue weighted by atomic mass is 16.1. The van der Waals surface area contributed by atoms with Crippen molar-refractivity contribution in [2.24, 2.45) is 0 Å². The number of aromatic nitrogens is 6. The predicted molar refractivity (Wildman–Crippen MR) is 118 cm³/mol. The summed E-state index contributed by atoms with van der Waals surface area (Å²) in [4.78, 5) is 28.2. The Hall–Kier alpha value is -4.33. The van der Waals surface area contributed by atoms with Gasteiger partial charge in [0.05, 0.1) is 17.7 Å². The van der Waals surface area contributed by atoms with Crippen LogP contribution in [0.2, 0.25) is 0 Å². The van der Waals surface area contributed by atoms with Crippen molar-refractivity contribution in [1.29, 1.82) is 0 Å². The van der Waals surface area contributed by atoms with Gasteiger partial charge in [-0.2, -0.15) is 4.52 Å². The molecule has 5 aromatic rings. The molecule has 0 aliphatic carbocycles. The van der Waals surface area contributed by atoms with E-state index in [4.69, 9.17) is 10.7 Å². The number of nitrogens with one attached hydrogen (secondary N) is 1. The topological polar surface area (TPSA) is 115 Å². The van der Waals surface area contributed by atoms with Crippen LogP contribution in [0, 0.1) is 6.92 Å². The van der Waals surface area contributed by atoms with Crippen LogP contribution < -0.4 is 11.3 Å². The number of aromatic amines is 1. The summed E-state index contributed by atoms with van der Waals surface area (Å²) in [6.45, 7) is 1.99. The van der Waals surface area contributed by atoms with Crippen molar-refractivity contribution in [3.8, 4) is 22.4 Å². The van der Waals surface area contributed by atoms with Crippen LogP contribution in [-0.2, 0) is 6.42 Å². The lowest BCUT2D eigenvalue weighted by atomic mass is 10.0. The molecule has 0 bridgehead atoms. The van der Waals surface area contributed by atoms with Gasteiger partial charge in [-0.05, 0) is 24.6 Å². The fourth-order valence-corrected chi connectivity index (χ4v) is 3.48. The number of H-pyrrole nitrogens is 1. The van der Waals surface area contributed by atoms with Gasteiger partial charge in [0.1, 0.15) is 0 Å². The highest BCUT2D eigenvalue weighted by Gasteiger charge is 2.20. The Balaban J connectivity index is 1.73. The molecule has 0 amide bonds. The first-order valence-electron chi connectivity index (χ1n) is 9.80. The SMILES string of the molecule is Cc1ccc(Cc2nc3c(-c4ccc(=O)[nH]c4)c(-c4ccccc4)nc(N)n3n2)nc1. The Morgan fingerprint density at radius 3 is 2.55 bits per heavy atom. The van der Waals surface area contributed by atoms with Gasteiger partial charge in [-0.3, -0.25) is 9.78 Å². The number of nitrogens with zero attached hydrogens (tertiary/aromatic N) is 5. The highest BCUT2D eigenvalue weighted by Crippen LogP contribution is 2.34. The number of pyridine rings is 2. The summed E-state index contributed by atoms with van der Waals surface area (Å²) < 4.78 is 1.54. The van der Waals surface area contributed by atoms with Crippen molar-refractivity contribution in [2.45, 2.75) is 13.3 Å². The van der Waals surface area contributed by atoms with E-state index in [2.05, 4.69) is 20.1 Å². The van der Waals surface area contributed by atoms with Gasteiger partial charge in [-0.25, -0.2) is 9.97 Å². The first-order valence-corrected chi connectivity index (χ1v) is 9.80. The lowest BCUT2D eigenvalue weighted by Crippen LogP contribution is -2.07. The molecule has 0 aliphatic heterocycles. The molecule has 31 heavy (non-hydrogen) atoms. The summed E-state index contributed by atoms with van der Waals surface area (Å²) in [5.74, 6) is 0.818. The third-order valence-electron chi connectivity index (χ3n) is 4.99. The number of nitrogens with two attached hydrogens (primary N) is 1. The summed E-state index contributed by atoms with van der Waals surface area (Å²) in [7, 11) is 0. The van der Waals surface area contributed by atoms with Gasteiger partial charge in [0, 0.05) is 35.3 Å². The molecule has 0 unspecified atom stereocenters. The molecule has 0 saturated heterocycles. The van der Waals surface area contributed by atoms with Gasteiger partial charge in [0.15, 0.2) is 11.5 Å². The molecule has 152 valence electrons. The number of nitrogen functional groups attached to an aromatic ring is 1. The van der Waals surface area contributed by atoms with Crippen molar-refractivity contribution in [1.82, 2.24) is 29.5 Å². The number of hydrogen-bond donors (Lipinski definition) is 2. The molecule has 0 saturated carbocycles. The number of aryl methyl sites for hydroxylation is 1. The lowest BCUT2D eigenvalue weighted by molar-refractivity contribution is 0.879. The molecule has 1 aromatic carbocycles. The van der Waals surface area contributed by atoms with E-state index >= 15 is 0 Å². The minimum absolute atomic E-state index is 0.183. The van der Waals surface area contributed by atoms with Crippen molar-refractivity contribution in [3.05, 3.63) is 94.4 Å². The Morgan fingerprint density at radius 2 is 1.84 bits per heavy atom. The summed E-state index contributed by atoms with van der Waals surface area (Å²) in [5, 5.41) is 4.57. The average Bonchev–Trinajstić information content (AvgIpc) is 3.21. The van der Waals surface area contributed by atoms with Gasteiger partial charge in [-0.15, -0.1) is 5.10 Å². The monoisotopic (exact) mass is 409 g/mol. The largest absolute Gasteiger partial charge is 0.368 e. The Bertz CT molecular complexity index is 1420. The normalized spacial score (nSPS) is 11.1. The number of benzene rings is 1. The van der Waals surface area contributed by atoms with Crippen molar-refractivity contribution in [2.75, 3.05) is 5.73 Å².